The number of carbonyl (C=O) groups excluding carboxylic acids is 1. The molecule has 5 atom stereocenters. The zero-order valence-corrected chi connectivity index (χ0v) is 18.7. The van der Waals surface area contributed by atoms with Crippen LogP contribution >= 0.6 is 11.8 Å². The van der Waals surface area contributed by atoms with Crippen molar-refractivity contribution >= 4 is 17.7 Å². The van der Waals surface area contributed by atoms with Crippen LogP contribution in [0.25, 0.3) is 0 Å². The van der Waals surface area contributed by atoms with Crippen LogP contribution in [0.5, 0.6) is 0 Å². The number of hydrogen-bond donors (Lipinski definition) is 4. The van der Waals surface area contributed by atoms with Crippen molar-refractivity contribution in [2.24, 2.45) is 11.8 Å². The van der Waals surface area contributed by atoms with Gasteiger partial charge in [0.1, 0.15) is 0 Å². The molecular formula is C23H37NO5S. The molecule has 0 aliphatic heterocycles. The maximum absolute atomic E-state index is 11.2. The lowest BCUT2D eigenvalue weighted by molar-refractivity contribution is -0.140. The molecule has 6 nitrogen and oxygen atoms in total. The minimum absolute atomic E-state index is 0.127. The fourth-order valence-corrected chi connectivity index (χ4v) is 5.35. The highest BCUT2D eigenvalue weighted by atomic mass is 32.2. The first-order chi connectivity index (χ1) is 14.5. The van der Waals surface area contributed by atoms with E-state index in [-0.39, 0.29) is 23.8 Å². The van der Waals surface area contributed by atoms with E-state index < -0.39 is 12.2 Å². The van der Waals surface area contributed by atoms with Crippen molar-refractivity contribution in [3.63, 3.8) is 0 Å². The summed E-state index contributed by atoms with van der Waals surface area (Å²) < 4.78 is 4.65. The number of nitrogens with one attached hydrogen (secondary N) is 1. The van der Waals surface area contributed by atoms with E-state index in [2.05, 4.69) is 10.2 Å². The van der Waals surface area contributed by atoms with Crippen LogP contribution in [0.4, 0.5) is 0 Å². The molecule has 1 aromatic carbocycles. The number of aliphatic hydroxyl groups excluding tert-OH is 2. The van der Waals surface area contributed by atoms with Gasteiger partial charge >= 0.3 is 5.97 Å². The van der Waals surface area contributed by atoms with E-state index in [9.17, 15) is 20.2 Å². The first-order valence-corrected chi connectivity index (χ1v) is 12.0. The van der Waals surface area contributed by atoms with Crippen LogP contribution in [0, 0.1) is 11.8 Å². The molecule has 0 heterocycles. The van der Waals surface area contributed by atoms with E-state index in [1.54, 1.807) is 11.8 Å². The number of aliphatic hydroxyl groups is 2. The Morgan fingerprint density at radius 2 is 1.90 bits per heavy atom. The summed E-state index contributed by atoms with van der Waals surface area (Å²) in [5.41, 5.74) is 2.39. The number of benzene rings is 1. The normalized spacial score (nSPS) is 24.7. The molecule has 30 heavy (non-hydrogen) atoms. The lowest BCUT2D eigenvalue weighted by atomic mass is 9.84. The summed E-state index contributed by atoms with van der Waals surface area (Å²) >= 11 is 1.65. The first-order valence-electron chi connectivity index (χ1n) is 11.1. The van der Waals surface area contributed by atoms with Gasteiger partial charge in [0.05, 0.1) is 19.3 Å². The van der Waals surface area contributed by atoms with Crippen LogP contribution in [-0.4, -0.2) is 52.5 Å². The molecule has 0 radical (unpaired) electrons. The van der Waals surface area contributed by atoms with E-state index in [4.69, 9.17) is 0 Å². The molecule has 0 amide bonds. The number of esters is 1. The zero-order chi connectivity index (χ0) is 21.8. The minimum atomic E-state index is -0.425. The molecular weight excluding hydrogens is 402 g/mol. The Bertz CT molecular complexity index is 603. The smallest absolute Gasteiger partial charge is 0.305 e. The summed E-state index contributed by atoms with van der Waals surface area (Å²) in [5, 5.41) is 30.5. The lowest BCUT2D eigenvalue weighted by Gasteiger charge is -2.26. The largest absolute Gasteiger partial charge is 0.469 e. The van der Waals surface area contributed by atoms with Crippen molar-refractivity contribution in [1.82, 2.24) is 5.48 Å². The summed E-state index contributed by atoms with van der Waals surface area (Å²) in [5.74, 6) is 0.754. The van der Waals surface area contributed by atoms with Crippen LogP contribution in [0.15, 0.2) is 35.2 Å². The second-order valence-electron chi connectivity index (χ2n) is 8.25. The molecule has 0 saturated heterocycles. The van der Waals surface area contributed by atoms with Gasteiger partial charge in [0.2, 0.25) is 0 Å². The van der Waals surface area contributed by atoms with Crippen LogP contribution in [0.2, 0.25) is 0 Å². The third-order valence-corrected chi connectivity index (χ3v) is 7.29. The molecule has 0 bridgehead atoms. The summed E-state index contributed by atoms with van der Waals surface area (Å²) in [6, 6.07) is 9.92. The van der Waals surface area contributed by atoms with Crippen molar-refractivity contribution in [2.75, 3.05) is 12.9 Å². The molecule has 1 aliphatic carbocycles. The van der Waals surface area contributed by atoms with Gasteiger partial charge in [-0.25, -0.2) is 5.48 Å². The Hall–Kier alpha value is -1.12. The third-order valence-electron chi connectivity index (χ3n) is 6.14. The molecule has 1 aromatic rings. The highest BCUT2D eigenvalue weighted by Gasteiger charge is 2.41. The third kappa shape index (κ3) is 8.55. The average Bonchev–Trinajstić information content (AvgIpc) is 3.08. The average molecular weight is 440 g/mol. The Labute approximate surface area is 184 Å². The number of rotatable bonds is 14. The van der Waals surface area contributed by atoms with Crippen molar-refractivity contribution in [3.8, 4) is 0 Å². The van der Waals surface area contributed by atoms with Gasteiger partial charge in [-0.1, -0.05) is 37.5 Å². The van der Waals surface area contributed by atoms with Gasteiger partial charge in [0.15, 0.2) is 0 Å². The summed E-state index contributed by atoms with van der Waals surface area (Å²) in [6.07, 6.45) is 6.31. The van der Waals surface area contributed by atoms with Crippen molar-refractivity contribution in [2.45, 2.75) is 80.9 Å². The fraction of sp³-hybridized carbons (Fsp3) is 0.696. The quantitative estimate of drug-likeness (QED) is 0.152. The second-order valence-corrected chi connectivity index (χ2v) is 9.34. The summed E-state index contributed by atoms with van der Waals surface area (Å²) in [6.45, 7) is 0. The van der Waals surface area contributed by atoms with Gasteiger partial charge in [-0.3, -0.25) is 4.79 Å². The second kappa shape index (κ2) is 14.0. The predicted molar refractivity (Wildman–Crippen MR) is 118 cm³/mol. The molecule has 1 fully saturated rings. The van der Waals surface area contributed by atoms with Crippen LogP contribution in [0.3, 0.4) is 0 Å². The molecule has 4 N–H and O–H groups in total. The summed E-state index contributed by atoms with van der Waals surface area (Å²) in [7, 11) is 1.41. The van der Waals surface area contributed by atoms with Gasteiger partial charge in [-0.15, -0.1) is 11.8 Å². The van der Waals surface area contributed by atoms with Crippen molar-refractivity contribution in [3.05, 3.63) is 30.3 Å². The van der Waals surface area contributed by atoms with Gasteiger partial charge in [0.25, 0.3) is 0 Å². The van der Waals surface area contributed by atoms with E-state index in [1.807, 2.05) is 30.3 Å². The number of carbonyl (C=O) groups is 1. The molecule has 170 valence electrons. The monoisotopic (exact) mass is 439 g/mol. The van der Waals surface area contributed by atoms with Gasteiger partial charge in [0, 0.05) is 23.1 Å². The fourth-order valence-electron chi connectivity index (χ4n) is 4.45. The zero-order valence-electron chi connectivity index (χ0n) is 17.9. The first kappa shape index (κ1) is 25.1. The number of unbranched alkanes of at least 4 members (excludes halogenated alkanes) is 3. The number of ether oxygens (including phenoxy) is 1. The maximum Gasteiger partial charge on any atom is 0.305 e. The molecule has 7 heteroatoms. The Kier molecular flexibility index (Phi) is 11.8. The molecule has 0 aromatic heterocycles. The minimum Gasteiger partial charge on any atom is -0.469 e. The van der Waals surface area contributed by atoms with E-state index >= 15 is 0 Å². The molecule has 2 unspecified atom stereocenters. The van der Waals surface area contributed by atoms with Crippen LogP contribution in [-0.2, 0) is 9.53 Å². The molecule has 1 aliphatic rings. The SMILES string of the molecule is COC(=O)CCCCCC[C@H]1[C@@H](O)CC(NO)[C@@H]1CCC(O)CSc1ccccc1. The molecule has 1 saturated carbocycles. The number of hydroxylamine groups is 1. The maximum atomic E-state index is 11.2. The number of thioether (sulfide) groups is 1. The van der Waals surface area contributed by atoms with Crippen LogP contribution in [0.1, 0.15) is 57.8 Å². The summed E-state index contributed by atoms with van der Waals surface area (Å²) in [4.78, 5) is 12.3. The predicted octanol–water partition coefficient (Wildman–Crippen LogP) is 3.78. The van der Waals surface area contributed by atoms with Gasteiger partial charge in [-0.2, -0.15) is 0 Å². The highest BCUT2D eigenvalue weighted by Crippen LogP contribution is 2.39. The standard InChI is InChI=1S/C23H37NO5S/c1-29-23(27)12-8-3-2-7-11-20-19(21(24-28)15-22(20)26)14-13-17(25)16-30-18-9-5-4-6-10-18/h4-6,9-10,17,19-22,24-26,28H,2-3,7-8,11-16H2,1H3/t17?,19-,20-,21?,22+/m1/s1. The van der Waals surface area contributed by atoms with E-state index in [0.717, 1.165) is 43.4 Å². The molecule has 2 rings (SSSR count). The van der Waals surface area contributed by atoms with Crippen molar-refractivity contribution < 1.29 is 25.0 Å². The Morgan fingerprint density at radius 3 is 2.60 bits per heavy atom. The van der Waals surface area contributed by atoms with E-state index in [0.29, 0.717) is 25.0 Å². The highest BCUT2D eigenvalue weighted by molar-refractivity contribution is 7.99. The van der Waals surface area contributed by atoms with Crippen molar-refractivity contribution in [1.29, 1.82) is 0 Å². The number of hydrogen-bond acceptors (Lipinski definition) is 7. The Balaban J connectivity index is 1.72. The van der Waals surface area contributed by atoms with Crippen LogP contribution < -0.4 is 5.48 Å². The Morgan fingerprint density at radius 1 is 1.17 bits per heavy atom. The topological polar surface area (TPSA) is 99.0 Å². The van der Waals surface area contributed by atoms with E-state index in [1.165, 1.54) is 7.11 Å². The molecule has 0 spiro atoms. The van der Waals surface area contributed by atoms with Gasteiger partial charge < -0.3 is 20.2 Å². The van der Waals surface area contributed by atoms with Gasteiger partial charge in [-0.05, 0) is 56.1 Å². The number of methoxy groups -OCH3 is 1. The lowest BCUT2D eigenvalue weighted by Crippen LogP contribution is -2.32.